The number of amides is 3. The summed E-state index contributed by atoms with van der Waals surface area (Å²) in [6, 6.07) is 20.9. The van der Waals surface area contributed by atoms with Crippen LogP contribution in [-0.2, 0) is 20.9 Å². The van der Waals surface area contributed by atoms with Gasteiger partial charge in [0.25, 0.3) is 5.91 Å². The number of hydrogen-bond donors (Lipinski definition) is 2. The van der Waals surface area contributed by atoms with Crippen LogP contribution in [-0.4, -0.2) is 59.6 Å². The highest BCUT2D eigenvalue weighted by atomic mass is 32.2. The van der Waals surface area contributed by atoms with Gasteiger partial charge in [-0.15, -0.1) is 0 Å². The van der Waals surface area contributed by atoms with Gasteiger partial charge in [0.1, 0.15) is 23.4 Å². The second-order valence-corrected chi connectivity index (χ2v) is 9.86. The third kappa shape index (κ3) is 5.84. The van der Waals surface area contributed by atoms with Crippen molar-refractivity contribution in [2.75, 3.05) is 25.3 Å². The summed E-state index contributed by atoms with van der Waals surface area (Å²) >= 11 is 1.13. The Hall–Kier alpha value is -4.64. The lowest BCUT2D eigenvalue weighted by molar-refractivity contribution is -0.128. The van der Waals surface area contributed by atoms with Crippen LogP contribution < -0.4 is 20.1 Å². The van der Waals surface area contributed by atoms with E-state index in [1.807, 2.05) is 48.5 Å². The number of amidine groups is 2. The number of nitrogens with one attached hydrogen (secondary N) is 2. The lowest BCUT2D eigenvalue weighted by Gasteiger charge is -2.25. The van der Waals surface area contributed by atoms with Gasteiger partial charge in [-0.1, -0.05) is 48.2 Å². The zero-order chi connectivity index (χ0) is 28.1. The first-order chi connectivity index (χ1) is 19.5. The van der Waals surface area contributed by atoms with Crippen molar-refractivity contribution >= 4 is 51.9 Å². The number of nitrogens with zero attached hydrogens (tertiary/aromatic N) is 3. The van der Waals surface area contributed by atoms with Crippen molar-refractivity contribution in [3.63, 3.8) is 0 Å². The van der Waals surface area contributed by atoms with Crippen LogP contribution >= 0.6 is 11.8 Å². The quantitative estimate of drug-likeness (QED) is 0.414. The van der Waals surface area contributed by atoms with E-state index in [4.69, 9.17) is 9.47 Å². The van der Waals surface area contributed by atoms with Gasteiger partial charge < -0.3 is 20.1 Å². The fourth-order valence-electron chi connectivity index (χ4n) is 4.35. The molecule has 0 radical (unpaired) electrons. The maximum Gasteiger partial charge on any atom is 0.259 e. The second-order valence-electron chi connectivity index (χ2n) is 8.92. The van der Waals surface area contributed by atoms with E-state index in [1.54, 1.807) is 38.5 Å². The van der Waals surface area contributed by atoms with Gasteiger partial charge in [0, 0.05) is 29.4 Å². The molecule has 0 fully saturated rings. The van der Waals surface area contributed by atoms with Crippen molar-refractivity contribution in [3.05, 3.63) is 83.9 Å². The first-order valence-corrected chi connectivity index (χ1v) is 13.5. The van der Waals surface area contributed by atoms with Crippen LogP contribution in [0.4, 0.5) is 11.4 Å². The van der Waals surface area contributed by atoms with Crippen LogP contribution in [0.5, 0.6) is 11.5 Å². The van der Waals surface area contributed by atoms with Crippen LogP contribution in [0, 0.1) is 0 Å². The summed E-state index contributed by atoms with van der Waals surface area (Å²) in [4.78, 5) is 49.6. The molecule has 1 atom stereocenters. The Balaban J connectivity index is 1.27. The standard InChI is InChI=1S/C29H27N5O5S/c1-38-20-10-7-9-19(14-20)31-26(36)17-40-29-33-22-12-5-4-11-21(22)27-32-23(28(37)34(27)29)15-25(35)30-16-18-8-3-6-13-24(18)39-2/h3-14,23H,15-17H2,1-2H3,(H,30,35)(H,31,36)/t23-/m0/s1. The van der Waals surface area contributed by atoms with E-state index < -0.39 is 6.04 Å². The highest BCUT2D eigenvalue weighted by Gasteiger charge is 2.42. The van der Waals surface area contributed by atoms with Crippen LogP contribution in [0.15, 0.2) is 82.8 Å². The van der Waals surface area contributed by atoms with E-state index in [9.17, 15) is 14.4 Å². The van der Waals surface area contributed by atoms with Gasteiger partial charge in [0.05, 0.1) is 32.1 Å². The monoisotopic (exact) mass is 557 g/mol. The number of benzene rings is 3. The number of para-hydroxylation sites is 2. The minimum absolute atomic E-state index is 0.0132. The van der Waals surface area contributed by atoms with Crippen molar-refractivity contribution in [1.29, 1.82) is 0 Å². The van der Waals surface area contributed by atoms with Crippen molar-refractivity contribution in [1.82, 2.24) is 10.2 Å². The highest BCUT2D eigenvalue weighted by molar-refractivity contribution is 8.14. The number of ether oxygens (including phenoxy) is 2. The van der Waals surface area contributed by atoms with Crippen LogP contribution in [0.2, 0.25) is 0 Å². The Morgan fingerprint density at radius 3 is 2.60 bits per heavy atom. The normalized spacial score (nSPS) is 15.4. The summed E-state index contributed by atoms with van der Waals surface area (Å²) in [7, 11) is 3.13. The summed E-state index contributed by atoms with van der Waals surface area (Å²) < 4.78 is 10.5. The molecule has 10 nitrogen and oxygen atoms in total. The molecular weight excluding hydrogens is 530 g/mol. The molecule has 5 rings (SSSR count). The molecule has 0 saturated carbocycles. The maximum absolute atomic E-state index is 13.5. The maximum atomic E-state index is 13.5. The number of anilines is 1. The van der Waals surface area contributed by atoms with Gasteiger partial charge in [0.15, 0.2) is 5.17 Å². The summed E-state index contributed by atoms with van der Waals surface area (Å²) in [5.74, 6) is 0.787. The molecule has 40 heavy (non-hydrogen) atoms. The molecule has 3 aromatic rings. The second kappa shape index (κ2) is 12.0. The smallest absolute Gasteiger partial charge is 0.259 e. The SMILES string of the molecule is COc1cccc(NC(=O)CSC2=Nc3ccccc3C3=N[C@@H](CC(=O)NCc4ccccc4OC)C(=O)N23)c1. The third-order valence-electron chi connectivity index (χ3n) is 6.28. The topological polar surface area (TPSA) is 122 Å². The Morgan fingerprint density at radius 2 is 1.77 bits per heavy atom. The molecule has 0 aliphatic carbocycles. The third-order valence-corrected chi connectivity index (χ3v) is 7.22. The lowest BCUT2D eigenvalue weighted by Crippen LogP contribution is -2.42. The summed E-state index contributed by atoms with van der Waals surface area (Å²) in [5.41, 5.74) is 2.76. The Morgan fingerprint density at radius 1 is 0.975 bits per heavy atom. The first-order valence-electron chi connectivity index (χ1n) is 12.5. The van der Waals surface area contributed by atoms with E-state index in [1.165, 1.54) is 4.90 Å². The van der Waals surface area contributed by atoms with Gasteiger partial charge in [-0.05, 0) is 30.3 Å². The molecule has 0 unspecified atom stereocenters. The predicted molar refractivity (Wildman–Crippen MR) is 154 cm³/mol. The number of aliphatic imine (C=N–C) groups is 2. The minimum atomic E-state index is -0.907. The number of carbonyl (C=O) groups excluding carboxylic acids is 3. The molecule has 0 spiro atoms. The van der Waals surface area contributed by atoms with Gasteiger partial charge in [-0.25, -0.2) is 9.89 Å². The largest absolute Gasteiger partial charge is 0.497 e. The number of hydrogen-bond acceptors (Lipinski definition) is 8. The number of carbonyl (C=O) groups is 3. The number of methoxy groups -OCH3 is 2. The van der Waals surface area contributed by atoms with Crippen molar-refractivity contribution in [2.45, 2.75) is 19.0 Å². The van der Waals surface area contributed by atoms with E-state index in [-0.39, 0.29) is 36.4 Å². The van der Waals surface area contributed by atoms with Gasteiger partial charge in [-0.2, -0.15) is 0 Å². The first kappa shape index (κ1) is 26.9. The van der Waals surface area contributed by atoms with Gasteiger partial charge in [-0.3, -0.25) is 19.4 Å². The molecule has 3 aromatic carbocycles. The molecule has 0 aromatic heterocycles. The van der Waals surface area contributed by atoms with Crippen LogP contribution in [0.1, 0.15) is 17.5 Å². The van der Waals surface area contributed by atoms with Crippen LogP contribution in [0.25, 0.3) is 0 Å². The Kier molecular flexibility index (Phi) is 8.11. The number of thioether (sulfide) groups is 1. The Labute approximate surface area is 235 Å². The molecular formula is C29H27N5O5S. The van der Waals surface area contributed by atoms with Gasteiger partial charge >= 0.3 is 0 Å². The Bertz CT molecular complexity index is 1520. The minimum Gasteiger partial charge on any atom is -0.497 e. The number of fused-ring (bicyclic) bond motifs is 3. The van der Waals surface area contributed by atoms with Gasteiger partial charge in [0.2, 0.25) is 11.8 Å². The molecule has 2 heterocycles. The average molecular weight is 558 g/mol. The average Bonchev–Trinajstić information content (AvgIpc) is 3.30. The zero-order valence-electron chi connectivity index (χ0n) is 21.9. The fourth-order valence-corrected chi connectivity index (χ4v) is 5.15. The van der Waals surface area contributed by atoms with Crippen LogP contribution in [0.3, 0.4) is 0 Å². The predicted octanol–water partition coefficient (Wildman–Crippen LogP) is 3.74. The molecule has 204 valence electrons. The zero-order valence-corrected chi connectivity index (χ0v) is 22.7. The summed E-state index contributed by atoms with van der Waals surface area (Å²) in [5, 5.41) is 6.01. The summed E-state index contributed by atoms with van der Waals surface area (Å²) in [6.45, 7) is 0.262. The highest BCUT2D eigenvalue weighted by Crippen LogP contribution is 2.34. The lowest BCUT2D eigenvalue weighted by atomic mass is 10.1. The van der Waals surface area contributed by atoms with E-state index in [0.717, 1.165) is 17.3 Å². The molecule has 11 heteroatoms. The molecule has 0 saturated heterocycles. The number of rotatable bonds is 9. The molecule has 0 bridgehead atoms. The van der Waals surface area contributed by atoms with E-state index in [2.05, 4.69) is 20.6 Å². The molecule has 2 aliphatic rings. The fraction of sp³-hybridized carbons (Fsp3) is 0.207. The van der Waals surface area contributed by atoms with E-state index >= 15 is 0 Å². The molecule has 3 amide bonds. The van der Waals surface area contributed by atoms with Crippen molar-refractivity contribution in [2.24, 2.45) is 9.98 Å². The summed E-state index contributed by atoms with van der Waals surface area (Å²) in [6.07, 6.45) is -0.121. The molecule has 2 aliphatic heterocycles. The molecule has 2 N–H and O–H groups in total. The van der Waals surface area contributed by atoms with E-state index in [0.29, 0.717) is 39.4 Å². The van der Waals surface area contributed by atoms with Crippen molar-refractivity contribution < 1.29 is 23.9 Å². The van der Waals surface area contributed by atoms with Crippen molar-refractivity contribution in [3.8, 4) is 11.5 Å².